The summed E-state index contributed by atoms with van der Waals surface area (Å²) in [6.45, 7) is 3.61. The van der Waals surface area contributed by atoms with Crippen LogP contribution in [0.15, 0.2) is 23.6 Å². The molecule has 1 aromatic heterocycles. The second-order valence-electron chi connectivity index (χ2n) is 4.59. The van der Waals surface area contributed by atoms with Crippen molar-refractivity contribution in [3.63, 3.8) is 0 Å². The number of thiophene rings is 1. The van der Waals surface area contributed by atoms with Crippen LogP contribution < -0.4 is 5.32 Å². The lowest BCUT2D eigenvalue weighted by molar-refractivity contribution is 0.0607. The van der Waals surface area contributed by atoms with Crippen LogP contribution in [-0.4, -0.2) is 24.1 Å². The van der Waals surface area contributed by atoms with E-state index in [2.05, 4.69) is 5.32 Å². The summed E-state index contributed by atoms with van der Waals surface area (Å²) < 4.78 is 4.69. The van der Waals surface area contributed by atoms with Crippen molar-refractivity contribution in [2.24, 2.45) is 0 Å². The van der Waals surface area contributed by atoms with E-state index >= 15 is 0 Å². The highest BCUT2D eigenvalue weighted by molar-refractivity contribution is 7.12. The quantitative estimate of drug-likeness (QED) is 0.854. The highest BCUT2D eigenvalue weighted by atomic mass is 32.1. The zero-order valence-electron chi connectivity index (χ0n) is 11.9. The van der Waals surface area contributed by atoms with Crippen molar-refractivity contribution in [3.05, 3.63) is 45.1 Å². The topological polar surface area (TPSA) is 75.6 Å². The number of carbonyl (C=O) groups is 2. The standard InChI is InChI=1S/C15H15NO4S/c1-8-4-5-11(17)10(6-8)14(18)16-12-9(2)7-21-13(12)15(19)20-3/h4-7,17H,1-3H3,(H,16,18). The number of methoxy groups -OCH3 is 1. The smallest absolute Gasteiger partial charge is 0.350 e. The Morgan fingerprint density at radius 3 is 2.67 bits per heavy atom. The van der Waals surface area contributed by atoms with Crippen LogP contribution in [0.2, 0.25) is 0 Å². The third kappa shape index (κ3) is 3.05. The number of aryl methyl sites for hydroxylation is 2. The molecule has 1 heterocycles. The number of phenolic OH excluding ortho intramolecular Hbond substituents is 1. The van der Waals surface area contributed by atoms with Crippen LogP contribution in [0.1, 0.15) is 31.2 Å². The summed E-state index contributed by atoms with van der Waals surface area (Å²) in [4.78, 5) is 24.3. The van der Waals surface area contributed by atoms with Crippen molar-refractivity contribution < 1.29 is 19.4 Å². The Bertz CT molecular complexity index is 706. The van der Waals surface area contributed by atoms with Crippen LogP contribution in [0.25, 0.3) is 0 Å². The second kappa shape index (κ2) is 5.97. The lowest BCUT2D eigenvalue weighted by Gasteiger charge is -2.09. The van der Waals surface area contributed by atoms with Gasteiger partial charge in [0.1, 0.15) is 10.6 Å². The molecule has 0 unspecified atom stereocenters. The highest BCUT2D eigenvalue weighted by Crippen LogP contribution is 2.29. The van der Waals surface area contributed by atoms with Crippen molar-refractivity contribution in [2.75, 3.05) is 12.4 Å². The fourth-order valence-electron chi connectivity index (χ4n) is 1.86. The van der Waals surface area contributed by atoms with E-state index in [9.17, 15) is 14.7 Å². The number of hydrogen-bond acceptors (Lipinski definition) is 5. The molecular weight excluding hydrogens is 290 g/mol. The van der Waals surface area contributed by atoms with Gasteiger partial charge in [-0.1, -0.05) is 11.6 Å². The van der Waals surface area contributed by atoms with Gasteiger partial charge in [0.25, 0.3) is 5.91 Å². The maximum atomic E-state index is 12.3. The van der Waals surface area contributed by atoms with Crippen LogP contribution in [0, 0.1) is 13.8 Å². The van der Waals surface area contributed by atoms with E-state index in [-0.39, 0.29) is 11.3 Å². The molecule has 1 amide bonds. The average Bonchev–Trinajstić information content (AvgIpc) is 2.82. The number of esters is 1. The minimum absolute atomic E-state index is 0.106. The molecule has 21 heavy (non-hydrogen) atoms. The van der Waals surface area contributed by atoms with Gasteiger partial charge in [-0.3, -0.25) is 4.79 Å². The molecule has 0 spiro atoms. The fourth-order valence-corrected chi connectivity index (χ4v) is 2.78. The summed E-state index contributed by atoms with van der Waals surface area (Å²) in [5, 5.41) is 14.2. The van der Waals surface area contributed by atoms with E-state index in [1.165, 1.54) is 24.5 Å². The predicted molar refractivity (Wildman–Crippen MR) is 81.2 cm³/mol. The number of hydrogen-bond donors (Lipinski definition) is 2. The van der Waals surface area contributed by atoms with E-state index in [0.29, 0.717) is 10.6 Å². The van der Waals surface area contributed by atoms with Gasteiger partial charge < -0.3 is 15.2 Å². The molecule has 2 aromatic rings. The number of aromatic hydroxyl groups is 1. The molecule has 5 nitrogen and oxygen atoms in total. The largest absolute Gasteiger partial charge is 0.507 e. The molecule has 6 heteroatoms. The first-order valence-electron chi connectivity index (χ1n) is 6.21. The third-order valence-electron chi connectivity index (χ3n) is 2.98. The van der Waals surface area contributed by atoms with Crippen LogP contribution in [0.3, 0.4) is 0 Å². The molecule has 1 aromatic carbocycles. The van der Waals surface area contributed by atoms with Gasteiger partial charge in [0, 0.05) is 0 Å². The van der Waals surface area contributed by atoms with Gasteiger partial charge in [-0.05, 0) is 36.9 Å². The molecule has 0 bridgehead atoms. The van der Waals surface area contributed by atoms with Gasteiger partial charge >= 0.3 is 5.97 Å². The number of amides is 1. The minimum Gasteiger partial charge on any atom is -0.507 e. The SMILES string of the molecule is COC(=O)c1scc(C)c1NC(=O)c1cc(C)ccc1O. The van der Waals surface area contributed by atoms with Crippen LogP contribution in [0.5, 0.6) is 5.75 Å². The van der Waals surface area contributed by atoms with Crippen molar-refractivity contribution in [3.8, 4) is 5.75 Å². The number of ether oxygens (including phenoxy) is 1. The van der Waals surface area contributed by atoms with Crippen molar-refractivity contribution in [1.29, 1.82) is 0 Å². The molecule has 0 saturated heterocycles. The predicted octanol–water partition coefficient (Wildman–Crippen LogP) is 3.11. The Kier molecular flexibility index (Phi) is 4.28. The normalized spacial score (nSPS) is 10.2. The van der Waals surface area contributed by atoms with Gasteiger partial charge in [0.2, 0.25) is 0 Å². The summed E-state index contributed by atoms with van der Waals surface area (Å²) >= 11 is 1.20. The summed E-state index contributed by atoms with van der Waals surface area (Å²) in [6, 6.07) is 4.76. The number of anilines is 1. The molecule has 0 atom stereocenters. The summed E-state index contributed by atoms with van der Waals surface area (Å²) in [5.74, 6) is -1.08. The van der Waals surface area contributed by atoms with Crippen LogP contribution in [-0.2, 0) is 4.74 Å². The Labute approximate surface area is 126 Å². The molecule has 0 aliphatic carbocycles. The van der Waals surface area contributed by atoms with Gasteiger partial charge in [-0.15, -0.1) is 11.3 Å². The summed E-state index contributed by atoms with van der Waals surface area (Å²) in [7, 11) is 1.29. The number of benzene rings is 1. The Morgan fingerprint density at radius 1 is 1.29 bits per heavy atom. The fraction of sp³-hybridized carbons (Fsp3) is 0.200. The Morgan fingerprint density at radius 2 is 2.00 bits per heavy atom. The number of phenols is 1. The van der Waals surface area contributed by atoms with Crippen LogP contribution in [0.4, 0.5) is 5.69 Å². The first kappa shape index (κ1) is 15.1. The maximum absolute atomic E-state index is 12.3. The minimum atomic E-state index is -0.503. The monoisotopic (exact) mass is 305 g/mol. The number of carbonyl (C=O) groups excluding carboxylic acids is 2. The Balaban J connectivity index is 2.34. The maximum Gasteiger partial charge on any atom is 0.350 e. The van der Waals surface area contributed by atoms with Gasteiger partial charge in [-0.2, -0.15) is 0 Å². The second-order valence-corrected chi connectivity index (χ2v) is 5.47. The van der Waals surface area contributed by atoms with Crippen LogP contribution >= 0.6 is 11.3 Å². The van der Waals surface area contributed by atoms with E-state index < -0.39 is 11.9 Å². The Hall–Kier alpha value is -2.34. The lowest BCUT2D eigenvalue weighted by atomic mass is 10.1. The van der Waals surface area contributed by atoms with E-state index in [0.717, 1.165) is 11.1 Å². The molecule has 0 aliphatic rings. The lowest BCUT2D eigenvalue weighted by Crippen LogP contribution is -2.15. The first-order chi connectivity index (χ1) is 9.93. The summed E-state index contributed by atoms with van der Waals surface area (Å²) in [5.41, 5.74) is 2.20. The van der Waals surface area contributed by atoms with Crippen molar-refractivity contribution in [1.82, 2.24) is 0 Å². The molecule has 110 valence electrons. The summed E-state index contributed by atoms with van der Waals surface area (Å²) in [6.07, 6.45) is 0. The number of rotatable bonds is 3. The molecule has 0 radical (unpaired) electrons. The molecule has 2 rings (SSSR count). The van der Waals surface area contributed by atoms with Crippen molar-refractivity contribution in [2.45, 2.75) is 13.8 Å². The van der Waals surface area contributed by atoms with Gasteiger partial charge in [-0.25, -0.2) is 4.79 Å². The average molecular weight is 305 g/mol. The molecule has 2 N–H and O–H groups in total. The molecule has 0 saturated carbocycles. The third-order valence-corrected chi connectivity index (χ3v) is 4.06. The van der Waals surface area contributed by atoms with E-state index in [4.69, 9.17) is 4.74 Å². The van der Waals surface area contributed by atoms with Gasteiger partial charge in [0.05, 0.1) is 18.4 Å². The number of nitrogens with one attached hydrogen (secondary N) is 1. The van der Waals surface area contributed by atoms with Crippen molar-refractivity contribution >= 4 is 28.9 Å². The highest BCUT2D eigenvalue weighted by Gasteiger charge is 2.20. The van der Waals surface area contributed by atoms with Gasteiger partial charge in [0.15, 0.2) is 0 Å². The molecule has 0 fully saturated rings. The molecule has 0 aliphatic heterocycles. The van der Waals surface area contributed by atoms with E-state index in [1.54, 1.807) is 24.4 Å². The van der Waals surface area contributed by atoms with E-state index in [1.807, 2.05) is 6.92 Å². The zero-order chi connectivity index (χ0) is 15.6. The first-order valence-corrected chi connectivity index (χ1v) is 7.09. The molecular formula is C15H15NO4S. The zero-order valence-corrected chi connectivity index (χ0v) is 12.7.